The van der Waals surface area contributed by atoms with Gasteiger partial charge in [0.15, 0.2) is 11.6 Å². The number of anilines is 1. The van der Waals surface area contributed by atoms with Crippen molar-refractivity contribution in [3.63, 3.8) is 0 Å². The van der Waals surface area contributed by atoms with E-state index in [2.05, 4.69) is 9.97 Å². The van der Waals surface area contributed by atoms with Crippen molar-refractivity contribution in [3.8, 4) is 11.6 Å². The molecule has 1 heterocycles. The van der Waals surface area contributed by atoms with Gasteiger partial charge in [0.25, 0.3) is 5.88 Å². The van der Waals surface area contributed by atoms with Crippen LogP contribution in [0.2, 0.25) is 0 Å². The van der Waals surface area contributed by atoms with Gasteiger partial charge in [-0.1, -0.05) is 6.07 Å². The highest BCUT2D eigenvalue weighted by Crippen LogP contribution is 2.27. The summed E-state index contributed by atoms with van der Waals surface area (Å²) in [7, 11) is 0. The zero-order chi connectivity index (χ0) is 11.5. The molecule has 0 atom stereocenters. The minimum absolute atomic E-state index is 0.102. The second kappa shape index (κ2) is 4.01. The molecule has 3 N–H and O–H groups in total. The van der Waals surface area contributed by atoms with E-state index in [1.54, 1.807) is 0 Å². The van der Waals surface area contributed by atoms with Crippen LogP contribution in [0.3, 0.4) is 0 Å². The largest absolute Gasteiger partial charge is 0.429 e. The third-order valence-electron chi connectivity index (χ3n) is 1.87. The molecule has 0 saturated carbocycles. The van der Waals surface area contributed by atoms with Gasteiger partial charge in [-0.3, -0.25) is 4.79 Å². The number of hydrogen-bond acceptors (Lipinski definition) is 4. The molecule has 0 aliphatic carbocycles. The van der Waals surface area contributed by atoms with Gasteiger partial charge >= 0.3 is 5.56 Å². The van der Waals surface area contributed by atoms with Crippen LogP contribution < -0.4 is 16.0 Å². The number of H-pyrrole nitrogens is 1. The van der Waals surface area contributed by atoms with Crippen LogP contribution in [-0.2, 0) is 0 Å². The second-order valence-corrected chi connectivity index (χ2v) is 2.98. The number of para-hydroxylation sites is 1. The Hall–Kier alpha value is -2.37. The Morgan fingerprint density at radius 3 is 2.94 bits per heavy atom. The molecule has 1 aromatic carbocycles. The number of benzene rings is 1. The summed E-state index contributed by atoms with van der Waals surface area (Å²) in [4.78, 5) is 17.3. The predicted octanol–water partition coefficient (Wildman–Crippen LogP) is 1.28. The van der Waals surface area contributed by atoms with Crippen molar-refractivity contribution < 1.29 is 9.13 Å². The summed E-state index contributed by atoms with van der Waals surface area (Å²) in [5, 5.41) is 0. The molecule has 82 valence electrons. The van der Waals surface area contributed by atoms with Crippen LogP contribution in [0.5, 0.6) is 11.6 Å². The topological polar surface area (TPSA) is 81.0 Å². The number of rotatable bonds is 2. The monoisotopic (exact) mass is 221 g/mol. The Morgan fingerprint density at radius 2 is 2.25 bits per heavy atom. The molecule has 0 bridgehead atoms. The van der Waals surface area contributed by atoms with Gasteiger partial charge in [-0.05, 0) is 12.1 Å². The minimum Gasteiger partial charge on any atom is -0.429 e. The van der Waals surface area contributed by atoms with Crippen LogP contribution in [0.25, 0.3) is 0 Å². The number of ether oxygens (including phenoxy) is 1. The van der Waals surface area contributed by atoms with Gasteiger partial charge < -0.3 is 15.5 Å². The molecule has 0 spiro atoms. The first kappa shape index (κ1) is 10.2. The lowest BCUT2D eigenvalue weighted by atomic mass is 10.3. The lowest BCUT2D eigenvalue weighted by molar-refractivity contribution is 0.423. The average Bonchev–Trinajstić information content (AvgIpc) is 2.26. The van der Waals surface area contributed by atoms with E-state index in [4.69, 9.17) is 10.5 Å². The Kier molecular flexibility index (Phi) is 2.55. The molecule has 2 aromatic rings. The van der Waals surface area contributed by atoms with Crippen LogP contribution in [-0.4, -0.2) is 9.97 Å². The van der Waals surface area contributed by atoms with Gasteiger partial charge in [0.1, 0.15) is 0 Å². The van der Waals surface area contributed by atoms with Gasteiger partial charge in [-0.15, -0.1) is 0 Å². The normalized spacial score (nSPS) is 10.1. The summed E-state index contributed by atoms with van der Waals surface area (Å²) in [6.07, 6.45) is 2.67. The zero-order valence-electron chi connectivity index (χ0n) is 8.11. The van der Waals surface area contributed by atoms with E-state index in [1.165, 1.54) is 30.6 Å². The molecule has 0 fully saturated rings. The Bertz CT molecular complexity index is 548. The summed E-state index contributed by atoms with van der Waals surface area (Å²) in [6.45, 7) is 0. The van der Waals surface area contributed by atoms with Gasteiger partial charge in [-0.2, -0.15) is 0 Å². The first-order valence-corrected chi connectivity index (χ1v) is 4.44. The summed E-state index contributed by atoms with van der Waals surface area (Å²) in [6, 6.07) is 4.10. The maximum atomic E-state index is 13.3. The first-order valence-electron chi connectivity index (χ1n) is 4.44. The van der Waals surface area contributed by atoms with Crippen LogP contribution >= 0.6 is 0 Å². The van der Waals surface area contributed by atoms with Crippen molar-refractivity contribution in [3.05, 3.63) is 46.8 Å². The van der Waals surface area contributed by atoms with Gasteiger partial charge in [0, 0.05) is 12.4 Å². The molecule has 0 aliphatic rings. The van der Waals surface area contributed by atoms with Crippen molar-refractivity contribution in [1.29, 1.82) is 0 Å². The number of nitrogens with two attached hydrogens (primary N) is 1. The third kappa shape index (κ3) is 1.85. The molecule has 0 unspecified atom stereocenters. The van der Waals surface area contributed by atoms with E-state index in [-0.39, 0.29) is 17.3 Å². The number of nitrogen functional groups attached to an aromatic ring is 1. The van der Waals surface area contributed by atoms with Crippen molar-refractivity contribution >= 4 is 5.69 Å². The van der Waals surface area contributed by atoms with Crippen molar-refractivity contribution in [1.82, 2.24) is 9.97 Å². The highest BCUT2D eigenvalue weighted by atomic mass is 19.1. The molecule has 0 saturated heterocycles. The lowest BCUT2D eigenvalue weighted by Gasteiger charge is -2.06. The number of aromatic nitrogens is 2. The van der Waals surface area contributed by atoms with Crippen LogP contribution in [0, 0.1) is 5.82 Å². The van der Waals surface area contributed by atoms with Crippen molar-refractivity contribution in [2.24, 2.45) is 0 Å². The smallest absolute Gasteiger partial charge is 0.311 e. The minimum atomic E-state index is -0.648. The van der Waals surface area contributed by atoms with Crippen LogP contribution in [0.15, 0.2) is 35.4 Å². The van der Waals surface area contributed by atoms with E-state index in [9.17, 15) is 9.18 Å². The SMILES string of the molecule is Nc1cccc(F)c1Oc1ncc[nH]c1=O. The van der Waals surface area contributed by atoms with Crippen LogP contribution in [0.4, 0.5) is 10.1 Å². The first-order chi connectivity index (χ1) is 7.68. The number of halogens is 1. The quantitative estimate of drug-likeness (QED) is 0.748. The van der Waals surface area contributed by atoms with Gasteiger partial charge in [-0.25, -0.2) is 9.37 Å². The summed E-state index contributed by atoms with van der Waals surface area (Å²) >= 11 is 0. The number of nitrogens with one attached hydrogen (secondary N) is 1. The van der Waals surface area contributed by atoms with E-state index in [0.29, 0.717) is 0 Å². The molecular formula is C10H8FN3O2. The number of aromatic amines is 1. The molecule has 16 heavy (non-hydrogen) atoms. The molecule has 6 heteroatoms. The fourth-order valence-corrected chi connectivity index (χ4v) is 1.14. The van der Waals surface area contributed by atoms with Crippen LogP contribution in [0.1, 0.15) is 0 Å². The molecule has 1 aromatic heterocycles. The highest BCUT2D eigenvalue weighted by molar-refractivity contribution is 5.53. The van der Waals surface area contributed by atoms with E-state index >= 15 is 0 Å². The van der Waals surface area contributed by atoms with Crippen molar-refractivity contribution in [2.75, 3.05) is 5.73 Å². The maximum absolute atomic E-state index is 13.3. The fourth-order valence-electron chi connectivity index (χ4n) is 1.14. The van der Waals surface area contributed by atoms with E-state index in [1.807, 2.05) is 0 Å². The second-order valence-electron chi connectivity index (χ2n) is 2.98. The molecule has 5 nitrogen and oxygen atoms in total. The summed E-state index contributed by atoms with van der Waals surface area (Å²) in [5.41, 5.74) is 5.07. The summed E-state index contributed by atoms with van der Waals surface area (Å²) in [5.74, 6) is -1.10. The molecule has 0 radical (unpaired) electrons. The Balaban J connectivity index is 2.42. The zero-order valence-corrected chi connectivity index (χ0v) is 8.11. The Labute approximate surface area is 89.7 Å². The lowest BCUT2D eigenvalue weighted by Crippen LogP contribution is -2.10. The third-order valence-corrected chi connectivity index (χ3v) is 1.87. The Morgan fingerprint density at radius 1 is 1.44 bits per heavy atom. The van der Waals surface area contributed by atoms with Gasteiger partial charge in [0.05, 0.1) is 5.69 Å². The number of nitrogens with zero attached hydrogens (tertiary/aromatic N) is 1. The molecular weight excluding hydrogens is 213 g/mol. The summed E-state index contributed by atoms with van der Waals surface area (Å²) < 4.78 is 18.3. The van der Waals surface area contributed by atoms with Crippen molar-refractivity contribution in [2.45, 2.75) is 0 Å². The van der Waals surface area contributed by atoms with Gasteiger partial charge in [0.2, 0.25) is 0 Å². The van der Waals surface area contributed by atoms with E-state index in [0.717, 1.165) is 0 Å². The highest BCUT2D eigenvalue weighted by Gasteiger charge is 2.11. The maximum Gasteiger partial charge on any atom is 0.311 e. The number of hydrogen-bond donors (Lipinski definition) is 2. The molecule has 0 aliphatic heterocycles. The standard InChI is InChI=1S/C10H8FN3O2/c11-6-2-1-3-7(12)8(6)16-10-9(15)13-4-5-14-10/h1-5H,12H2,(H,13,15). The molecule has 0 amide bonds. The molecule has 2 rings (SSSR count). The van der Waals surface area contributed by atoms with E-state index < -0.39 is 11.4 Å². The predicted molar refractivity (Wildman–Crippen MR) is 55.7 cm³/mol. The fraction of sp³-hybridized carbons (Fsp3) is 0. The average molecular weight is 221 g/mol.